The number of carbonyl (C=O) groups excluding carboxylic acids is 1. The molecule has 0 saturated carbocycles. The van der Waals surface area contributed by atoms with Gasteiger partial charge in [0.2, 0.25) is 0 Å². The third-order valence-corrected chi connectivity index (χ3v) is 2.68. The van der Waals surface area contributed by atoms with E-state index in [2.05, 4.69) is 25.1 Å². The maximum absolute atomic E-state index is 11.6. The molecule has 0 amide bonds. The highest BCUT2D eigenvalue weighted by Gasteiger charge is 2.13. The summed E-state index contributed by atoms with van der Waals surface area (Å²) in [4.78, 5) is 19.4. The van der Waals surface area contributed by atoms with Gasteiger partial charge in [-0.05, 0) is 6.92 Å². The summed E-state index contributed by atoms with van der Waals surface area (Å²) in [6, 6.07) is 0. The lowest BCUT2D eigenvalue weighted by molar-refractivity contribution is 0.0601. The molecule has 0 bridgehead atoms. The molecule has 0 spiro atoms. The van der Waals surface area contributed by atoms with Crippen molar-refractivity contribution in [1.82, 2.24) is 19.7 Å². The predicted molar refractivity (Wildman–Crippen MR) is 68.6 cm³/mol. The van der Waals surface area contributed by atoms with E-state index >= 15 is 0 Å². The Kier molecular flexibility index (Phi) is 3.74. The molecule has 2 aromatic heterocycles. The Balaban J connectivity index is 2.16. The number of hydrogen-bond acceptors (Lipinski definition) is 6. The van der Waals surface area contributed by atoms with Crippen LogP contribution in [0.15, 0.2) is 18.7 Å². The first kappa shape index (κ1) is 13.0. The Hall–Kier alpha value is -2.44. The molecule has 0 atom stereocenters. The first-order chi connectivity index (χ1) is 9.11. The molecule has 0 radical (unpaired) electrons. The van der Waals surface area contributed by atoms with Gasteiger partial charge in [-0.2, -0.15) is 5.10 Å². The van der Waals surface area contributed by atoms with Gasteiger partial charge in [0.1, 0.15) is 17.7 Å². The largest absolute Gasteiger partial charge is 0.465 e. The molecule has 0 aliphatic carbocycles. The number of nitrogens with one attached hydrogen (secondary N) is 1. The second kappa shape index (κ2) is 5.47. The van der Waals surface area contributed by atoms with Gasteiger partial charge in [0.25, 0.3) is 0 Å². The van der Waals surface area contributed by atoms with Crippen LogP contribution in [0.5, 0.6) is 0 Å². The summed E-state index contributed by atoms with van der Waals surface area (Å²) >= 11 is 0. The van der Waals surface area contributed by atoms with Crippen molar-refractivity contribution in [2.75, 3.05) is 12.4 Å². The van der Waals surface area contributed by atoms with E-state index in [9.17, 15) is 4.79 Å². The Bertz CT molecular complexity index is 594. The molecular weight excluding hydrogens is 246 g/mol. The fourth-order valence-electron chi connectivity index (χ4n) is 1.73. The van der Waals surface area contributed by atoms with Crippen molar-refractivity contribution in [3.63, 3.8) is 0 Å². The molecule has 0 saturated heterocycles. The van der Waals surface area contributed by atoms with Crippen LogP contribution < -0.4 is 5.32 Å². The van der Waals surface area contributed by atoms with Crippen LogP contribution in [0.25, 0.3) is 0 Å². The zero-order valence-corrected chi connectivity index (χ0v) is 11.0. The quantitative estimate of drug-likeness (QED) is 0.824. The highest BCUT2D eigenvalue weighted by atomic mass is 16.5. The standard InChI is InChI=1S/C12H15N5O2/c1-8-9(6-17(2)16-8)4-14-11-10(12(18)19-3)5-13-7-15-11/h5-7H,4H2,1-3H3,(H,13,14,15). The summed E-state index contributed by atoms with van der Waals surface area (Å²) in [5, 5.41) is 7.34. The van der Waals surface area contributed by atoms with Crippen LogP contribution >= 0.6 is 0 Å². The van der Waals surface area contributed by atoms with E-state index < -0.39 is 5.97 Å². The molecule has 2 heterocycles. The van der Waals surface area contributed by atoms with Crippen LogP contribution in [0.1, 0.15) is 21.6 Å². The number of rotatable bonds is 4. The molecule has 19 heavy (non-hydrogen) atoms. The first-order valence-electron chi connectivity index (χ1n) is 5.73. The lowest BCUT2D eigenvalue weighted by Gasteiger charge is -2.08. The van der Waals surface area contributed by atoms with Crippen molar-refractivity contribution < 1.29 is 9.53 Å². The summed E-state index contributed by atoms with van der Waals surface area (Å²) in [5.74, 6) is -0.0175. The zero-order chi connectivity index (χ0) is 13.8. The Morgan fingerprint density at radius 3 is 2.95 bits per heavy atom. The molecule has 2 rings (SSSR count). The second-order valence-corrected chi connectivity index (χ2v) is 4.04. The van der Waals surface area contributed by atoms with E-state index in [1.807, 2.05) is 20.2 Å². The summed E-state index contributed by atoms with van der Waals surface area (Å²) < 4.78 is 6.43. The molecule has 0 aromatic carbocycles. The summed E-state index contributed by atoms with van der Waals surface area (Å²) in [6.07, 6.45) is 4.73. The van der Waals surface area contributed by atoms with Crippen molar-refractivity contribution in [1.29, 1.82) is 0 Å². The lowest BCUT2D eigenvalue weighted by atomic mass is 10.2. The Morgan fingerprint density at radius 1 is 1.53 bits per heavy atom. The fourth-order valence-corrected chi connectivity index (χ4v) is 1.73. The number of aromatic nitrogens is 4. The molecule has 2 aromatic rings. The number of hydrogen-bond donors (Lipinski definition) is 1. The smallest absolute Gasteiger partial charge is 0.343 e. The van der Waals surface area contributed by atoms with E-state index in [0.29, 0.717) is 17.9 Å². The van der Waals surface area contributed by atoms with Gasteiger partial charge in [-0.25, -0.2) is 14.8 Å². The van der Waals surface area contributed by atoms with Crippen LogP contribution in [0.4, 0.5) is 5.82 Å². The van der Waals surface area contributed by atoms with Crippen molar-refractivity contribution in [2.45, 2.75) is 13.5 Å². The van der Waals surface area contributed by atoms with Crippen LogP contribution in [-0.2, 0) is 18.3 Å². The summed E-state index contributed by atoms with van der Waals surface area (Å²) in [6.45, 7) is 2.46. The Labute approximate surface area is 110 Å². The summed E-state index contributed by atoms with van der Waals surface area (Å²) in [5.41, 5.74) is 2.28. The molecule has 7 heteroatoms. The maximum atomic E-state index is 11.6. The molecular formula is C12H15N5O2. The fraction of sp³-hybridized carbons (Fsp3) is 0.333. The average molecular weight is 261 g/mol. The number of anilines is 1. The maximum Gasteiger partial charge on any atom is 0.343 e. The van der Waals surface area contributed by atoms with Crippen molar-refractivity contribution in [2.24, 2.45) is 7.05 Å². The molecule has 0 unspecified atom stereocenters. The Morgan fingerprint density at radius 2 is 2.32 bits per heavy atom. The molecule has 0 aliphatic rings. The van der Waals surface area contributed by atoms with Crippen LogP contribution in [0.2, 0.25) is 0 Å². The molecule has 1 N–H and O–H groups in total. The molecule has 0 fully saturated rings. The second-order valence-electron chi connectivity index (χ2n) is 4.04. The molecule has 0 aliphatic heterocycles. The normalized spacial score (nSPS) is 10.3. The third kappa shape index (κ3) is 2.87. The van der Waals surface area contributed by atoms with E-state index in [1.165, 1.54) is 19.6 Å². The van der Waals surface area contributed by atoms with E-state index in [1.54, 1.807) is 4.68 Å². The van der Waals surface area contributed by atoms with Gasteiger partial charge >= 0.3 is 5.97 Å². The van der Waals surface area contributed by atoms with Crippen LogP contribution in [-0.4, -0.2) is 32.8 Å². The van der Waals surface area contributed by atoms with Gasteiger partial charge in [0, 0.05) is 31.5 Å². The van der Waals surface area contributed by atoms with E-state index in [4.69, 9.17) is 0 Å². The minimum absolute atomic E-state index is 0.312. The van der Waals surface area contributed by atoms with Gasteiger partial charge in [0.05, 0.1) is 12.8 Å². The average Bonchev–Trinajstić information content (AvgIpc) is 2.74. The van der Waals surface area contributed by atoms with Crippen molar-refractivity contribution >= 4 is 11.8 Å². The van der Waals surface area contributed by atoms with Gasteiger partial charge in [-0.1, -0.05) is 0 Å². The highest BCUT2D eigenvalue weighted by molar-refractivity contribution is 5.94. The van der Waals surface area contributed by atoms with Crippen molar-refractivity contribution in [3.05, 3.63) is 35.5 Å². The van der Waals surface area contributed by atoms with Gasteiger partial charge < -0.3 is 10.1 Å². The number of methoxy groups -OCH3 is 1. The lowest BCUT2D eigenvalue weighted by Crippen LogP contribution is -2.10. The number of aryl methyl sites for hydroxylation is 2. The number of ether oxygens (including phenoxy) is 1. The topological polar surface area (TPSA) is 81.9 Å². The van der Waals surface area contributed by atoms with Crippen LogP contribution in [0, 0.1) is 6.92 Å². The third-order valence-electron chi connectivity index (χ3n) is 2.68. The number of esters is 1. The molecule has 7 nitrogen and oxygen atoms in total. The van der Waals surface area contributed by atoms with Gasteiger partial charge in [-0.15, -0.1) is 0 Å². The molecule has 100 valence electrons. The minimum Gasteiger partial charge on any atom is -0.465 e. The SMILES string of the molecule is COC(=O)c1cncnc1NCc1cn(C)nc1C. The van der Waals surface area contributed by atoms with Gasteiger partial charge in [0.15, 0.2) is 0 Å². The monoisotopic (exact) mass is 261 g/mol. The highest BCUT2D eigenvalue weighted by Crippen LogP contribution is 2.13. The number of carbonyl (C=O) groups is 1. The van der Waals surface area contributed by atoms with E-state index in [-0.39, 0.29) is 0 Å². The predicted octanol–water partition coefficient (Wildman–Crippen LogP) is 0.917. The first-order valence-corrected chi connectivity index (χ1v) is 5.73. The number of nitrogens with zero attached hydrogens (tertiary/aromatic N) is 4. The summed E-state index contributed by atoms with van der Waals surface area (Å²) in [7, 11) is 3.19. The van der Waals surface area contributed by atoms with Crippen molar-refractivity contribution in [3.8, 4) is 0 Å². The minimum atomic E-state index is -0.467. The van der Waals surface area contributed by atoms with Crippen LogP contribution in [0.3, 0.4) is 0 Å². The zero-order valence-electron chi connectivity index (χ0n) is 11.0. The van der Waals surface area contributed by atoms with Gasteiger partial charge in [-0.3, -0.25) is 4.68 Å². The van der Waals surface area contributed by atoms with E-state index in [0.717, 1.165) is 11.3 Å².